The Morgan fingerprint density at radius 2 is 1.43 bits per heavy atom. The number of likely N-dealkylation sites (N-methyl/N-ethyl adjacent to an activating group) is 1. The van der Waals surface area contributed by atoms with Crippen molar-refractivity contribution >= 4 is 23.2 Å². The number of carbonyl (C=O) groups is 2. The number of nitrogens with zero attached hydrogens (tertiary/aromatic N) is 1. The summed E-state index contributed by atoms with van der Waals surface area (Å²) < 4.78 is 13.2. The summed E-state index contributed by atoms with van der Waals surface area (Å²) in [5, 5.41) is 15.5. The third-order valence-electron chi connectivity index (χ3n) is 9.71. The molecule has 1 saturated heterocycles. The molecule has 2 amide bonds. The summed E-state index contributed by atoms with van der Waals surface area (Å²) in [5.74, 6) is -0.168. The van der Waals surface area contributed by atoms with Crippen molar-refractivity contribution in [1.29, 1.82) is 0 Å². The van der Waals surface area contributed by atoms with Crippen molar-refractivity contribution in [2.45, 2.75) is 70.3 Å². The van der Waals surface area contributed by atoms with E-state index in [0.717, 1.165) is 46.5 Å². The highest BCUT2D eigenvalue weighted by molar-refractivity contribution is 5.93. The predicted octanol–water partition coefficient (Wildman–Crippen LogP) is 7.92. The topological polar surface area (TPSA) is 126 Å². The van der Waals surface area contributed by atoms with Crippen LogP contribution in [0, 0.1) is 0 Å². The van der Waals surface area contributed by atoms with Crippen LogP contribution in [-0.4, -0.2) is 41.5 Å². The van der Waals surface area contributed by atoms with Crippen LogP contribution < -0.4 is 16.4 Å². The molecule has 280 valence electrons. The minimum atomic E-state index is -0.553. The molecule has 0 bridgehead atoms. The highest BCUT2D eigenvalue weighted by atomic mass is 16.7. The number of aliphatic hydroxyl groups is 1. The molecule has 0 aliphatic carbocycles. The van der Waals surface area contributed by atoms with Gasteiger partial charge >= 0.3 is 0 Å². The number of unbranched alkanes of at least 4 members (excludes halogenated alkanes) is 1. The van der Waals surface area contributed by atoms with Gasteiger partial charge in [-0.1, -0.05) is 115 Å². The Morgan fingerprint density at radius 3 is 2.17 bits per heavy atom. The van der Waals surface area contributed by atoms with Crippen LogP contribution in [0.4, 0.5) is 11.4 Å². The van der Waals surface area contributed by atoms with Crippen molar-refractivity contribution in [2.75, 3.05) is 24.6 Å². The summed E-state index contributed by atoms with van der Waals surface area (Å²) in [6, 6.07) is 41.9. The Balaban J connectivity index is 1.05. The number of ether oxygens (including phenoxy) is 2. The molecule has 9 heteroatoms. The summed E-state index contributed by atoms with van der Waals surface area (Å²) in [4.78, 5) is 27.3. The number of hydrogen-bond acceptors (Lipinski definition) is 7. The zero-order valence-corrected chi connectivity index (χ0v) is 30.8. The molecule has 0 spiro atoms. The Hall–Kier alpha value is -5.32. The first-order valence-corrected chi connectivity index (χ1v) is 18.7. The van der Waals surface area contributed by atoms with E-state index >= 15 is 0 Å². The average molecular weight is 727 g/mol. The lowest BCUT2D eigenvalue weighted by molar-refractivity contribution is -0.252. The second kappa shape index (κ2) is 19.1. The van der Waals surface area contributed by atoms with Crippen molar-refractivity contribution in [1.82, 2.24) is 10.2 Å². The van der Waals surface area contributed by atoms with Gasteiger partial charge in [0.1, 0.15) is 0 Å². The molecule has 3 atom stereocenters. The molecule has 9 nitrogen and oxygen atoms in total. The fourth-order valence-corrected chi connectivity index (χ4v) is 6.79. The summed E-state index contributed by atoms with van der Waals surface area (Å²) in [6.07, 6.45) is 1.81. The van der Waals surface area contributed by atoms with Crippen molar-refractivity contribution in [2.24, 2.45) is 0 Å². The maximum atomic E-state index is 12.7. The fraction of sp³-hybridized carbons (Fsp3) is 0.289. The van der Waals surface area contributed by atoms with Crippen LogP contribution in [-0.2, 0) is 38.8 Å². The van der Waals surface area contributed by atoms with Gasteiger partial charge in [0.15, 0.2) is 6.29 Å². The van der Waals surface area contributed by atoms with Gasteiger partial charge in [0.05, 0.1) is 30.2 Å². The smallest absolute Gasteiger partial charge is 0.224 e. The number of aliphatic hydroxyl groups excluding tert-OH is 1. The molecular formula is C45H50N4O5. The number of benzene rings is 5. The number of amides is 2. The van der Waals surface area contributed by atoms with Crippen LogP contribution in [0.1, 0.15) is 72.3 Å². The number of nitrogens with one attached hydrogen (secondary N) is 2. The monoisotopic (exact) mass is 726 g/mol. The lowest BCUT2D eigenvalue weighted by atomic mass is 9.97. The van der Waals surface area contributed by atoms with Gasteiger partial charge in [-0.25, -0.2) is 0 Å². The Kier molecular flexibility index (Phi) is 13.6. The van der Waals surface area contributed by atoms with Gasteiger partial charge < -0.3 is 30.9 Å². The summed E-state index contributed by atoms with van der Waals surface area (Å²) >= 11 is 0. The summed E-state index contributed by atoms with van der Waals surface area (Å²) in [7, 11) is 2.12. The molecule has 1 heterocycles. The highest BCUT2D eigenvalue weighted by Gasteiger charge is 2.33. The molecule has 5 aromatic rings. The van der Waals surface area contributed by atoms with E-state index < -0.39 is 6.29 Å². The molecule has 5 aromatic carbocycles. The van der Waals surface area contributed by atoms with Crippen molar-refractivity contribution in [3.05, 3.63) is 155 Å². The van der Waals surface area contributed by atoms with E-state index in [-0.39, 0.29) is 30.6 Å². The standard InChI is InChI=1S/C45H50N4O5/c1-49(29-32-11-3-2-4-12-32)30-38-27-42(35-21-19-33(31-50)20-22-35)54-45(53-38)36-25-23-34(24-26-36)39-14-6-5-13-37(39)28-47-43(51)17-9-10-18-44(52)48-41-16-8-7-15-40(41)46/h2-8,11-16,19-26,38,42,45,50H,9-10,17-18,27-31,46H2,1H3,(H,47,51)(H,48,52)/t38-,42+,45+/m1/s1. The van der Waals surface area contributed by atoms with E-state index in [9.17, 15) is 14.7 Å². The number of rotatable bonds is 16. The lowest BCUT2D eigenvalue weighted by Gasteiger charge is -2.38. The van der Waals surface area contributed by atoms with E-state index in [1.807, 2.05) is 60.7 Å². The first kappa shape index (κ1) is 38.4. The molecule has 54 heavy (non-hydrogen) atoms. The molecule has 0 saturated carbocycles. The first-order valence-electron chi connectivity index (χ1n) is 18.7. The van der Waals surface area contributed by atoms with E-state index in [1.165, 1.54) is 5.56 Å². The van der Waals surface area contributed by atoms with Crippen LogP contribution in [0.15, 0.2) is 127 Å². The zero-order chi connectivity index (χ0) is 37.7. The normalized spacial score (nSPS) is 16.9. The molecule has 6 rings (SSSR count). The largest absolute Gasteiger partial charge is 0.397 e. The van der Waals surface area contributed by atoms with E-state index in [1.54, 1.807) is 12.1 Å². The van der Waals surface area contributed by atoms with E-state index in [4.69, 9.17) is 15.2 Å². The van der Waals surface area contributed by atoms with Crippen LogP contribution in [0.25, 0.3) is 11.1 Å². The van der Waals surface area contributed by atoms with Gasteiger partial charge in [0.2, 0.25) is 11.8 Å². The van der Waals surface area contributed by atoms with Gasteiger partial charge in [-0.15, -0.1) is 0 Å². The minimum Gasteiger partial charge on any atom is -0.397 e. The van der Waals surface area contributed by atoms with Crippen molar-refractivity contribution < 1.29 is 24.2 Å². The minimum absolute atomic E-state index is 0.000281. The molecule has 1 fully saturated rings. The SMILES string of the molecule is CN(Cc1ccccc1)C[C@H]1C[C@@H](c2ccc(CO)cc2)O[C@@H](c2ccc(-c3ccccc3CNC(=O)CCCCC(=O)Nc3ccccc3N)cc2)O1. The van der Waals surface area contributed by atoms with E-state index in [0.29, 0.717) is 50.0 Å². The van der Waals surface area contributed by atoms with Gasteiger partial charge in [0.25, 0.3) is 0 Å². The lowest BCUT2D eigenvalue weighted by Crippen LogP contribution is -2.37. The highest BCUT2D eigenvalue weighted by Crippen LogP contribution is 2.39. The van der Waals surface area contributed by atoms with Crippen LogP contribution in [0.5, 0.6) is 0 Å². The number of carbonyl (C=O) groups excluding carboxylic acids is 2. The Labute approximate surface area is 318 Å². The van der Waals surface area contributed by atoms with Crippen LogP contribution >= 0.6 is 0 Å². The number of hydrogen-bond donors (Lipinski definition) is 4. The molecule has 0 aromatic heterocycles. The molecule has 0 radical (unpaired) electrons. The molecule has 1 aliphatic rings. The Bertz CT molecular complexity index is 1950. The molecule has 0 unspecified atom stereocenters. The molecular weight excluding hydrogens is 677 g/mol. The third-order valence-corrected chi connectivity index (χ3v) is 9.71. The van der Waals surface area contributed by atoms with Crippen LogP contribution in [0.2, 0.25) is 0 Å². The van der Waals surface area contributed by atoms with E-state index in [2.05, 4.69) is 77.2 Å². The second-order valence-electron chi connectivity index (χ2n) is 13.9. The average Bonchev–Trinajstić information content (AvgIpc) is 3.20. The van der Waals surface area contributed by atoms with Crippen molar-refractivity contribution in [3.8, 4) is 11.1 Å². The number of nitrogen functional groups attached to an aromatic ring is 1. The number of nitrogens with two attached hydrogens (primary N) is 1. The van der Waals surface area contributed by atoms with Gasteiger partial charge in [-0.2, -0.15) is 0 Å². The number of para-hydroxylation sites is 2. The quantitative estimate of drug-likeness (QED) is 0.0601. The van der Waals surface area contributed by atoms with Gasteiger partial charge in [-0.05, 0) is 65.4 Å². The third kappa shape index (κ3) is 10.9. The molecule has 1 aliphatic heterocycles. The zero-order valence-electron chi connectivity index (χ0n) is 30.8. The van der Waals surface area contributed by atoms with Gasteiger partial charge in [0, 0.05) is 44.5 Å². The maximum Gasteiger partial charge on any atom is 0.224 e. The maximum absolute atomic E-state index is 12.7. The number of anilines is 2. The molecule has 5 N–H and O–H groups in total. The Morgan fingerprint density at radius 1 is 0.759 bits per heavy atom. The van der Waals surface area contributed by atoms with Crippen LogP contribution in [0.3, 0.4) is 0 Å². The summed E-state index contributed by atoms with van der Waals surface area (Å²) in [5.41, 5.74) is 14.2. The van der Waals surface area contributed by atoms with Crippen molar-refractivity contribution in [3.63, 3.8) is 0 Å². The predicted molar refractivity (Wildman–Crippen MR) is 213 cm³/mol. The fourth-order valence-electron chi connectivity index (χ4n) is 6.79. The first-order chi connectivity index (χ1) is 26.3. The summed E-state index contributed by atoms with van der Waals surface area (Å²) in [6.45, 7) is 1.96. The van der Waals surface area contributed by atoms with Gasteiger partial charge in [-0.3, -0.25) is 14.5 Å². The second-order valence-corrected chi connectivity index (χ2v) is 13.9.